The van der Waals surface area contributed by atoms with Crippen LogP contribution in [-0.4, -0.2) is 19.7 Å². The molecule has 7 nitrogen and oxygen atoms in total. The fourth-order valence-corrected chi connectivity index (χ4v) is 2.50. The average molecular weight is 279 g/mol. The molecule has 0 aliphatic heterocycles. The first-order chi connectivity index (χ1) is 9.00. The van der Waals surface area contributed by atoms with Crippen LogP contribution in [0.25, 0.3) is 0 Å². The van der Waals surface area contributed by atoms with Gasteiger partial charge in [-0.2, -0.15) is 0 Å². The molecule has 2 aromatic rings. The van der Waals surface area contributed by atoms with E-state index in [4.69, 9.17) is 5.73 Å². The Hall–Kier alpha value is -2.09. The molecule has 0 fully saturated rings. The van der Waals surface area contributed by atoms with E-state index >= 15 is 0 Å². The lowest BCUT2D eigenvalue weighted by atomic mass is 10.2. The van der Waals surface area contributed by atoms with Crippen LogP contribution >= 0.6 is 11.8 Å². The van der Waals surface area contributed by atoms with Crippen LogP contribution in [0.15, 0.2) is 23.4 Å². The van der Waals surface area contributed by atoms with Gasteiger partial charge in [-0.3, -0.25) is 10.1 Å². The van der Waals surface area contributed by atoms with E-state index < -0.39 is 4.92 Å². The lowest BCUT2D eigenvalue weighted by Gasteiger charge is -2.05. The molecule has 0 saturated heterocycles. The summed E-state index contributed by atoms with van der Waals surface area (Å²) in [7, 11) is 1.87. The van der Waals surface area contributed by atoms with Crippen LogP contribution < -0.4 is 5.73 Å². The molecule has 0 spiro atoms. The second-order valence-electron chi connectivity index (χ2n) is 3.98. The maximum atomic E-state index is 10.8. The van der Waals surface area contributed by atoms with Gasteiger partial charge in [0.05, 0.1) is 4.92 Å². The Bertz CT molecular complexity index is 626. The van der Waals surface area contributed by atoms with Crippen molar-refractivity contribution in [3.05, 3.63) is 39.7 Å². The number of rotatable bonds is 4. The zero-order chi connectivity index (χ0) is 14.0. The van der Waals surface area contributed by atoms with Gasteiger partial charge in [-0.1, -0.05) is 23.9 Å². The molecule has 0 aliphatic rings. The second kappa shape index (κ2) is 5.27. The van der Waals surface area contributed by atoms with Gasteiger partial charge in [0.25, 0.3) is 5.69 Å². The fourth-order valence-electron chi connectivity index (χ4n) is 1.54. The Morgan fingerprint density at radius 3 is 2.79 bits per heavy atom. The molecule has 1 heterocycles. The Labute approximate surface area is 114 Å². The van der Waals surface area contributed by atoms with Gasteiger partial charge >= 0.3 is 0 Å². The van der Waals surface area contributed by atoms with E-state index in [1.807, 2.05) is 18.5 Å². The monoisotopic (exact) mass is 279 g/mol. The van der Waals surface area contributed by atoms with Crippen LogP contribution in [0.5, 0.6) is 0 Å². The predicted molar refractivity (Wildman–Crippen MR) is 72.8 cm³/mol. The first-order valence-corrected chi connectivity index (χ1v) is 6.50. The summed E-state index contributed by atoms with van der Waals surface area (Å²) in [6.45, 7) is 1.86. The van der Waals surface area contributed by atoms with Crippen molar-refractivity contribution < 1.29 is 4.92 Å². The summed E-state index contributed by atoms with van der Waals surface area (Å²) in [5.41, 5.74) is 6.66. The number of benzene rings is 1. The first-order valence-electron chi connectivity index (χ1n) is 5.51. The lowest BCUT2D eigenvalue weighted by molar-refractivity contribution is -0.383. The standard InChI is InChI=1S/C11H13N5O2S/c1-7-13-14-11(15(7)2)19-6-8-4-3-5-9(10(8)12)16(17)18/h3-5H,6,12H2,1-2H3. The quantitative estimate of drug-likeness (QED) is 0.397. The van der Waals surface area contributed by atoms with E-state index in [-0.39, 0.29) is 11.4 Å². The highest BCUT2D eigenvalue weighted by Gasteiger charge is 2.15. The summed E-state index contributed by atoms with van der Waals surface area (Å²) in [5.74, 6) is 1.33. The number of nitrogens with zero attached hydrogens (tertiary/aromatic N) is 4. The van der Waals surface area contributed by atoms with Crippen molar-refractivity contribution in [2.24, 2.45) is 7.05 Å². The lowest BCUT2D eigenvalue weighted by Crippen LogP contribution is -2.00. The number of nitro groups is 1. The number of hydrogen-bond acceptors (Lipinski definition) is 6. The van der Waals surface area contributed by atoms with Crippen molar-refractivity contribution in [1.82, 2.24) is 14.8 Å². The van der Waals surface area contributed by atoms with Gasteiger partial charge in [-0.15, -0.1) is 10.2 Å². The smallest absolute Gasteiger partial charge is 0.292 e. The highest BCUT2D eigenvalue weighted by molar-refractivity contribution is 7.98. The zero-order valence-electron chi connectivity index (χ0n) is 10.5. The summed E-state index contributed by atoms with van der Waals surface area (Å²) in [6, 6.07) is 4.81. The molecule has 0 amide bonds. The number of aromatic nitrogens is 3. The van der Waals surface area contributed by atoms with Gasteiger partial charge < -0.3 is 10.3 Å². The van der Waals surface area contributed by atoms with Crippen LogP contribution in [0.3, 0.4) is 0 Å². The first kappa shape index (κ1) is 13.3. The van der Waals surface area contributed by atoms with Gasteiger partial charge in [0, 0.05) is 18.9 Å². The molecule has 2 N–H and O–H groups in total. The van der Waals surface area contributed by atoms with E-state index in [9.17, 15) is 10.1 Å². The normalized spacial score (nSPS) is 10.6. The molecule has 0 bridgehead atoms. The molecule has 8 heteroatoms. The number of para-hydroxylation sites is 1. The van der Waals surface area contributed by atoms with Crippen LogP contribution in [0.1, 0.15) is 11.4 Å². The summed E-state index contributed by atoms with van der Waals surface area (Å²) < 4.78 is 1.86. The molecule has 2 rings (SSSR count). The minimum atomic E-state index is -0.476. The number of nitrogen functional groups attached to an aromatic ring is 1. The van der Waals surface area contributed by atoms with Gasteiger partial charge in [0.1, 0.15) is 11.5 Å². The van der Waals surface area contributed by atoms with Gasteiger partial charge in [0.15, 0.2) is 5.16 Å². The topological polar surface area (TPSA) is 99.9 Å². The molecule has 0 aliphatic carbocycles. The predicted octanol–water partition coefficient (Wildman–Crippen LogP) is 1.91. The van der Waals surface area contributed by atoms with Crippen LogP contribution in [0, 0.1) is 17.0 Å². The SMILES string of the molecule is Cc1nnc(SCc2cccc([N+](=O)[O-])c2N)n1C. The number of nitrogens with two attached hydrogens (primary N) is 1. The van der Waals surface area contributed by atoms with Crippen molar-refractivity contribution in [2.45, 2.75) is 17.8 Å². The molecule has 1 aromatic heterocycles. The molecule has 1 aromatic carbocycles. The maximum Gasteiger partial charge on any atom is 0.292 e. The Morgan fingerprint density at radius 2 is 2.21 bits per heavy atom. The van der Waals surface area contributed by atoms with E-state index in [0.29, 0.717) is 5.75 Å². The third kappa shape index (κ3) is 2.68. The second-order valence-corrected chi connectivity index (χ2v) is 4.93. The molecule has 0 unspecified atom stereocenters. The summed E-state index contributed by atoms with van der Waals surface area (Å²) >= 11 is 1.44. The van der Waals surface area contributed by atoms with Crippen molar-refractivity contribution in [3.8, 4) is 0 Å². The zero-order valence-corrected chi connectivity index (χ0v) is 11.3. The number of aryl methyl sites for hydroxylation is 1. The van der Waals surface area contributed by atoms with Crippen LogP contribution in [-0.2, 0) is 12.8 Å². The van der Waals surface area contributed by atoms with Crippen molar-refractivity contribution in [2.75, 3.05) is 5.73 Å². The number of thioether (sulfide) groups is 1. The van der Waals surface area contributed by atoms with Gasteiger partial charge in [-0.25, -0.2) is 0 Å². The third-order valence-corrected chi connectivity index (χ3v) is 3.85. The number of anilines is 1. The average Bonchev–Trinajstić information content (AvgIpc) is 2.68. The fraction of sp³-hybridized carbons (Fsp3) is 0.273. The van der Waals surface area contributed by atoms with Crippen molar-refractivity contribution in [1.29, 1.82) is 0 Å². The minimum absolute atomic E-state index is 0.0627. The number of hydrogen-bond donors (Lipinski definition) is 1. The molecule has 0 radical (unpaired) electrons. The van der Waals surface area contributed by atoms with E-state index in [2.05, 4.69) is 10.2 Å². The van der Waals surface area contributed by atoms with E-state index in [0.717, 1.165) is 16.5 Å². The van der Waals surface area contributed by atoms with Crippen LogP contribution in [0.2, 0.25) is 0 Å². The summed E-state index contributed by atoms with van der Waals surface area (Å²) in [6.07, 6.45) is 0. The molecule has 19 heavy (non-hydrogen) atoms. The largest absolute Gasteiger partial charge is 0.393 e. The third-order valence-electron chi connectivity index (χ3n) is 2.78. The van der Waals surface area contributed by atoms with E-state index in [1.165, 1.54) is 17.8 Å². The molecule has 100 valence electrons. The maximum absolute atomic E-state index is 10.8. The Morgan fingerprint density at radius 1 is 1.47 bits per heavy atom. The molecular weight excluding hydrogens is 266 g/mol. The molecule has 0 atom stereocenters. The summed E-state index contributed by atoms with van der Waals surface area (Å²) in [4.78, 5) is 10.3. The highest BCUT2D eigenvalue weighted by Crippen LogP contribution is 2.29. The number of nitro benzene ring substituents is 1. The highest BCUT2D eigenvalue weighted by atomic mass is 32.2. The summed E-state index contributed by atoms with van der Waals surface area (Å²) in [5, 5.41) is 19.5. The van der Waals surface area contributed by atoms with Crippen molar-refractivity contribution >= 4 is 23.1 Å². The van der Waals surface area contributed by atoms with Crippen molar-refractivity contribution in [3.63, 3.8) is 0 Å². The van der Waals surface area contributed by atoms with E-state index in [1.54, 1.807) is 12.1 Å². The van der Waals surface area contributed by atoms with Crippen LogP contribution in [0.4, 0.5) is 11.4 Å². The minimum Gasteiger partial charge on any atom is -0.393 e. The Kier molecular flexibility index (Phi) is 3.70. The van der Waals surface area contributed by atoms with Gasteiger partial charge in [-0.05, 0) is 12.5 Å². The molecule has 0 saturated carbocycles. The molecular formula is C11H13N5O2S. The van der Waals surface area contributed by atoms with Gasteiger partial charge in [0.2, 0.25) is 0 Å². The Balaban J connectivity index is 2.18.